The number of aromatic nitrogens is 2. The molecule has 0 unspecified atom stereocenters. The van der Waals surface area contributed by atoms with Gasteiger partial charge in [0.05, 0.1) is 18.3 Å². The third kappa shape index (κ3) is 2.35. The van der Waals surface area contributed by atoms with Crippen LogP contribution >= 0.6 is 0 Å². The van der Waals surface area contributed by atoms with Gasteiger partial charge in [-0.1, -0.05) is 37.3 Å². The van der Waals surface area contributed by atoms with Crippen LogP contribution in [-0.2, 0) is 6.42 Å². The van der Waals surface area contributed by atoms with Crippen molar-refractivity contribution >= 4 is 10.9 Å². The third-order valence-electron chi connectivity index (χ3n) is 3.74. The second-order valence-electron chi connectivity index (χ2n) is 5.00. The predicted octanol–water partition coefficient (Wildman–Crippen LogP) is 4.18. The van der Waals surface area contributed by atoms with Gasteiger partial charge in [0.1, 0.15) is 5.75 Å². The fraction of sp³-hybridized carbons (Fsp3) is 0.222. The first-order valence-electron chi connectivity index (χ1n) is 7.14. The zero-order valence-corrected chi connectivity index (χ0v) is 12.6. The van der Waals surface area contributed by atoms with Crippen molar-refractivity contribution in [3.05, 3.63) is 53.7 Å². The molecule has 0 spiro atoms. The molecule has 0 amide bonds. The number of methoxy groups -OCH3 is 1. The van der Waals surface area contributed by atoms with E-state index in [0.29, 0.717) is 0 Å². The second-order valence-corrected chi connectivity index (χ2v) is 5.00. The monoisotopic (exact) mass is 278 g/mol. The van der Waals surface area contributed by atoms with Crippen molar-refractivity contribution in [1.82, 2.24) is 9.97 Å². The lowest BCUT2D eigenvalue weighted by atomic mass is 10.1. The number of nitrogens with zero attached hydrogens (tertiary/aromatic N) is 2. The summed E-state index contributed by atoms with van der Waals surface area (Å²) in [5.41, 5.74) is 4.14. The Labute approximate surface area is 124 Å². The van der Waals surface area contributed by atoms with Gasteiger partial charge in [-0.15, -0.1) is 0 Å². The van der Waals surface area contributed by atoms with Crippen molar-refractivity contribution in [3.8, 4) is 17.1 Å². The Morgan fingerprint density at radius 2 is 1.76 bits per heavy atom. The van der Waals surface area contributed by atoms with E-state index < -0.39 is 0 Å². The molecule has 0 atom stereocenters. The van der Waals surface area contributed by atoms with Crippen LogP contribution in [-0.4, -0.2) is 17.1 Å². The number of ether oxygens (including phenoxy) is 1. The molecule has 0 saturated heterocycles. The standard InChI is InChI=1S/C18H18N2O/c1-4-15-14-10-11-16(21-3)12(2)17(14)20-18(19-15)13-8-6-5-7-9-13/h5-11H,4H2,1-3H3. The normalized spacial score (nSPS) is 10.8. The molecule has 0 saturated carbocycles. The topological polar surface area (TPSA) is 35.0 Å². The van der Waals surface area contributed by atoms with Crippen molar-refractivity contribution in [2.75, 3.05) is 7.11 Å². The molecule has 0 fully saturated rings. The molecule has 2 aromatic carbocycles. The van der Waals surface area contributed by atoms with Crippen molar-refractivity contribution < 1.29 is 4.74 Å². The summed E-state index contributed by atoms with van der Waals surface area (Å²) in [7, 11) is 1.69. The first kappa shape index (κ1) is 13.6. The van der Waals surface area contributed by atoms with E-state index in [0.717, 1.165) is 45.7 Å². The van der Waals surface area contributed by atoms with E-state index in [1.165, 1.54) is 0 Å². The molecule has 0 bridgehead atoms. The van der Waals surface area contributed by atoms with Crippen LogP contribution in [0.15, 0.2) is 42.5 Å². The number of aryl methyl sites for hydroxylation is 2. The number of hydrogen-bond acceptors (Lipinski definition) is 3. The molecule has 0 radical (unpaired) electrons. The molecule has 21 heavy (non-hydrogen) atoms. The van der Waals surface area contributed by atoms with E-state index in [-0.39, 0.29) is 0 Å². The van der Waals surface area contributed by atoms with Gasteiger partial charge < -0.3 is 4.74 Å². The zero-order valence-electron chi connectivity index (χ0n) is 12.6. The number of hydrogen-bond donors (Lipinski definition) is 0. The molecule has 1 aromatic heterocycles. The lowest BCUT2D eigenvalue weighted by Crippen LogP contribution is -1.99. The number of rotatable bonds is 3. The largest absolute Gasteiger partial charge is 0.496 e. The highest BCUT2D eigenvalue weighted by Gasteiger charge is 2.12. The molecule has 3 rings (SSSR count). The van der Waals surface area contributed by atoms with Gasteiger partial charge >= 0.3 is 0 Å². The summed E-state index contributed by atoms with van der Waals surface area (Å²) in [6.07, 6.45) is 0.880. The quantitative estimate of drug-likeness (QED) is 0.721. The first-order valence-corrected chi connectivity index (χ1v) is 7.14. The van der Waals surface area contributed by atoms with Gasteiger partial charge in [-0.25, -0.2) is 9.97 Å². The molecule has 106 valence electrons. The average Bonchev–Trinajstić information content (AvgIpc) is 2.55. The smallest absolute Gasteiger partial charge is 0.160 e. The fourth-order valence-electron chi connectivity index (χ4n) is 2.58. The summed E-state index contributed by atoms with van der Waals surface area (Å²) >= 11 is 0. The van der Waals surface area contributed by atoms with E-state index in [1.54, 1.807) is 7.11 Å². The van der Waals surface area contributed by atoms with E-state index in [4.69, 9.17) is 14.7 Å². The van der Waals surface area contributed by atoms with Gasteiger partial charge in [-0.05, 0) is 25.5 Å². The van der Waals surface area contributed by atoms with Crippen LogP contribution < -0.4 is 4.74 Å². The minimum absolute atomic E-state index is 0.774. The highest BCUT2D eigenvalue weighted by Crippen LogP contribution is 2.29. The molecular formula is C18H18N2O. The summed E-state index contributed by atoms with van der Waals surface area (Å²) in [6, 6.07) is 14.1. The lowest BCUT2D eigenvalue weighted by molar-refractivity contribution is 0.412. The molecule has 3 nitrogen and oxygen atoms in total. The average molecular weight is 278 g/mol. The maximum Gasteiger partial charge on any atom is 0.160 e. The molecule has 1 heterocycles. The minimum Gasteiger partial charge on any atom is -0.496 e. The molecule has 0 N–H and O–H groups in total. The van der Waals surface area contributed by atoms with E-state index >= 15 is 0 Å². The Balaban J connectivity index is 2.31. The van der Waals surface area contributed by atoms with Gasteiger partial charge in [0, 0.05) is 16.5 Å². The van der Waals surface area contributed by atoms with Gasteiger partial charge in [-0.3, -0.25) is 0 Å². The molecule has 0 aliphatic heterocycles. The number of benzene rings is 2. The predicted molar refractivity (Wildman–Crippen MR) is 85.6 cm³/mol. The summed E-state index contributed by atoms with van der Waals surface area (Å²) in [4.78, 5) is 9.51. The maximum atomic E-state index is 5.41. The van der Waals surface area contributed by atoms with Crippen LogP contribution in [0.3, 0.4) is 0 Å². The Morgan fingerprint density at radius 1 is 1.00 bits per heavy atom. The van der Waals surface area contributed by atoms with Crippen molar-refractivity contribution in [1.29, 1.82) is 0 Å². The van der Waals surface area contributed by atoms with Crippen molar-refractivity contribution in [2.45, 2.75) is 20.3 Å². The second kappa shape index (κ2) is 5.52. The van der Waals surface area contributed by atoms with Gasteiger partial charge in [0.15, 0.2) is 5.82 Å². The molecule has 3 aromatic rings. The van der Waals surface area contributed by atoms with Crippen LogP contribution in [0.4, 0.5) is 0 Å². The van der Waals surface area contributed by atoms with Crippen molar-refractivity contribution in [2.24, 2.45) is 0 Å². The molecule has 0 aliphatic rings. The van der Waals surface area contributed by atoms with E-state index in [9.17, 15) is 0 Å². The van der Waals surface area contributed by atoms with Crippen LogP contribution in [0.2, 0.25) is 0 Å². The summed E-state index contributed by atoms with van der Waals surface area (Å²) in [5.74, 6) is 1.64. The van der Waals surface area contributed by atoms with E-state index in [1.807, 2.05) is 43.3 Å². The fourth-order valence-corrected chi connectivity index (χ4v) is 2.58. The van der Waals surface area contributed by atoms with Gasteiger partial charge in [0.25, 0.3) is 0 Å². The first-order chi connectivity index (χ1) is 10.2. The molecule has 0 aliphatic carbocycles. The van der Waals surface area contributed by atoms with Crippen LogP contribution in [0, 0.1) is 6.92 Å². The highest BCUT2D eigenvalue weighted by molar-refractivity contribution is 5.87. The van der Waals surface area contributed by atoms with Gasteiger partial charge in [-0.2, -0.15) is 0 Å². The zero-order chi connectivity index (χ0) is 14.8. The number of fused-ring (bicyclic) bond motifs is 1. The maximum absolute atomic E-state index is 5.41. The lowest BCUT2D eigenvalue weighted by Gasteiger charge is -2.12. The summed E-state index contributed by atoms with van der Waals surface area (Å²) < 4.78 is 5.41. The third-order valence-corrected chi connectivity index (χ3v) is 3.74. The SMILES string of the molecule is CCc1nc(-c2ccccc2)nc2c(C)c(OC)ccc12. The van der Waals surface area contributed by atoms with Crippen LogP contribution in [0.5, 0.6) is 5.75 Å². The molecular weight excluding hydrogens is 260 g/mol. The van der Waals surface area contributed by atoms with E-state index in [2.05, 4.69) is 13.0 Å². The Kier molecular flexibility index (Phi) is 3.57. The molecule has 3 heteroatoms. The Morgan fingerprint density at radius 3 is 2.43 bits per heavy atom. The summed E-state index contributed by atoms with van der Waals surface area (Å²) in [6.45, 7) is 4.17. The minimum atomic E-state index is 0.774. The van der Waals surface area contributed by atoms with Gasteiger partial charge in [0.2, 0.25) is 0 Å². The Bertz CT molecular complexity index is 782. The van der Waals surface area contributed by atoms with Crippen LogP contribution in [0.25, 0.3) is 22.3 Å². The van der Waals surface area contributed by atoms with Crippen LogP contribution in [0.1, 0.15) is 18.2 Å². The van der Waals surface area contributed by atoms with Crippen molar-refractivity contribution in [3.63, 3.8) is 0 Å². The Hall–Kier alpha value is -2.42. The highest BCUT2D eigenvalue weighted by atomic mass is 16.5. The summed E-state index contributed by atoms with van der Waals surface area (Å²) in [5, 5.41) is 1.11.